The zero-order valence-electron chi connectivity index (χ0n) is 16.1. The van der Waals surface area contributed by atoms with Gasteiger partial charge in [0.1, 0.15) is 0 Å². The fourth-order valence-electron chi connectivity index (χ4n) is 3.20. The summed E-state index contributed by atoms with van der Waals surface area (Å²) >= 11 is 6.62. The summed E-state index contributed by atoms with van der Waals surface area (Å²) in [6.07, 6.45) is 3.18. The van der Waals surface area contributed by atoms with Crippen LogP contribution in [0.5, 0.6) is 0 Å². The lowest BCUT2D eigenvalue weighted by atomic mass is 10.0. The van der Waals surface area contributed by atoms with Crippen LogP contribution in [0, 0.1) is 5.92 Å². The van der Waals surface area contributed by atoms with E-state index in [1.807, 2.05) is 0 Å². The van der Waals surface area contributed by atoms with Crippen LogP contribution in [0.2, 0.25) is 5.02 Å². The van der Waals surface area contributed by atoms with Crippen LogP contribution in [0.25, 0.3) is 0 Å². The highest BCUT2D eigenvalue weighted by Gasteiger charge is 2.21. The summed E-state index contributed by atoms with van der Waals surface area (Å²) in [5.74, 6) is 0.286. The van der Waals surface area contributed by atoms with Crippen molar-refractivity contribution in [2.75, 3.05) is 31.5 Å². The third-order valence-electron chi connectivity index (χ3n) is 4.65. The fourth-order valence-corrected chi connectivity index (χ4v) is 5.34. The Morgan fingerprint density at radius 3 is 2.79 bits per heavy atom. The van der Waals surface area contributed by atoms with E-state index >= 15 is 0 Å². The second-order valence-electron chi connectivity index (χ2n) is 7.13. The maximum absolute atomic E-state index is 12.4. The van der Waals surface area contributed by atoms with E-state index in [1.54, 1.807) is 24.3 Å². The summed E-state index contributed by atoms with van der Waals surface area (Å²) in [6.45, 7) is 5.59. The molecule has 1 fully saturated rings. The molecule has 1 atom stereocenters. The van der Waals surface area contributed by atoms with Crippen molar-refractivity contribution in [3.63, 3.8) is 0 Å². The maximum Gasteiger partial charge on any atom is 0.269 e. The van der Waals surface area contributed by atoms with Gasteiger partial charge < -0.3 is 4.90 Å². The third-order valence-corrected chi connectivity index (χ3v) is 7.57. The van der Waals surface area contributed by atoms with Crippen LogP contribution < -0.4 is 10.0 Å². The number of nitrogens with one attached hydrogen (secondary N) is 2. The minimum atomic E-state index is -3.75. The highest BCUT2D eigenvalue weighted by atomic mass is 35.5. The Morgan fingerprint density at radius 2 is 2.07 bits per heavy atom. The molecule has 1 aliphatic heterocycles. The minimum Gasteiger partial charge on any atom is -0.303 e. The van der Waals surface area contributed by atoms with Crippen molar-refractivity contribution in [3.8, 4) is 0 Å². The van der Waals surface area contributed by atoms with Crippen molar-refractivity contribution >= 4 is 44.0 Å². The standard InChI is InChI=1S/C18H24ClN5O3S2/c1-13-4-2-10-24(12-13)11-3-9-20-29(26,27)18-23-22-17(28-18)21-16(25)14-5-7-15(19)8-6-14/h5-8,13,20H,2-4,9-12H2,1H3,(H,21,22,25)/t13-/m0/s1. The smallest absolute Gasteiger partial charge is 0.269 e. The lowest BCUT2D eigenvalue weighted by molar-refractivity contribution is 0.102. The Morgan fingerprint density at radius 1 is 1.31 bits per heavy atom. The summed E-state index contributed by atoms with van der Waals surface area (Å²) in [5.41, 5.74) is 0.388. The predicted molar refractivity (Wildman–Crippen MR) is 114 cm³/mol. The van der Waals surface area contributed by atoms with Gasteiger partial charge in [-0.2, -0.15) is 0 Å². The van der Waals surface area contributed by atoms with Crippen LogP contribution >= 0.6 is 22.9 Å². The number of piperidine rings is 1. The number of benzene rings is 1. The van der Waals surface area contributed by atoms with E-state index in [-0.39, 0.29) is 9.47 Å². The molecule has 8 nitrogen and oxygen atoms in total. The first-order valence-electron chi connectivity index (χ1n) is 9.46. The zero-order chi connectivity index (χ0) is 20.9. The quantitative estimate of drug-likeness (QED) is 0.466. The number of carbonyl (C=O) groups is 1. The Hall–Kier alpha value is -1.59. The first-order chi connectivity index (χ1) is 13.8. The zero-order valence-corrected chi connectivity index (χ0v) is 18.5. The first-order valence-corrected chi connectivity index (χ1v) is 12.1. The summed E-state index contributed by atoms with van der Waals surface area (Å²) < 4.78 is 27.2. The number of anilines is 1. The van der Waals surface area contributed by atoms with Gasteiger partial charge in [-0.05, 0) is 62.5 Å². The molecule has 11 heteroatoms. The molecule has 1 aromatic heterocycles. The normalized spacial score (nSPS) is 17.9. The lowest BCUT2D eigenvalue weighted by Gasteiger charge is -2.30. The van der Waals surface area contributed by atoms with E-state index < -0.39 is 15.9 Å². The number of halogens is 1. The molecule has 1 aromatic carbocycles. The second-order valence-corrected chi connectivity index (χ2v) is 10.5. The Balaban J connectivity index is 1.49. The average Bonchev–Trinajstić information content (AvgIpc) is 3.15. The fraction of sp³-hybridized carbons (Fsp3) is 0.500. The van der Waals surface area contributed by atoms with Gasteiger partial charge in [-0.1, -0.05) is 29.9 Å². The molecule has 0 aliphatic carbocycles. The average molecular weight is 458 g/mol. The molecule has 1 aliphatic rings. The van der Waals surface area contributed by atoms with Gasteiger partial charge in [0.15, 0.2) is 0 Å². The van der Waals surface area contributed by atoms with Crippen LogP contribution in [0.4, 0.5) is 5.13 Å². The van der Waals surface area contributed by atoms with E-state index in [2.05, 4.69) is 32.1 Å². The highest BCUT2D eigenvalue weighted by Crippen LogP contribution is 2.21. The maximum atomic E-state index is 12.4. The van der Waals surface area contributed by atoms with Crippen LogP contribution in [0.15, 0.2) is 28.6 Å². The third kappa shape index (κ3) is 6.45. The van der Waals surface area contributed by atoms with Gasteiger partial charge in [-0.25, -0.2) is 13.1 Å². The van der Waals surface area contributed by atoms with Crippen LogP contribution in [-0.2, 0) is 10.0 Å². The second kappa shape index (κ2) is 9.94. The van der Waals surface area contributed by atoms with Crippen molar-refractivity contribution < 1.29 is 13.2 Å². The Bertz CT molecular complexity index is 933. The molecule has 2 heterocycles. The van der Waals surface area contributed by atoms with E-state index in [0.717, 1.165) is 37.4 Å². The van der Waals surface area contributed by atoms with Crippen LogP contribution in [-0.4, -0.2) is 55.6 Å². The van der Waals surface area contributed by atoms with Gasteiger partial charge in [0, 0.05) is 23.7 Å². The number of carbonyl (C=O) groups excluding carboxylic acids is 1. The molecule has 1 amide bonds. The Kier molecular flexibility index (Phi) is 7.58. The number of amides is 1. The van der Waals surface area contributed by atoms with Gasteiger partial charge >= 0.3 is 0 Å². The molecule has 0 saturated carbocycles. The molecular formula is C18H24ClN5O3S2. The number of rotatable bonds is 8. The van der Waals surface area contributed by atoms with Crippen molar-refractivity contribution in [1.82, 2.24) is 19.8 Å². The molecule has 0 radical (unpaired) electrons. The van der Waals surface area contributed by atoms with Gasteiger partial charge in [0.2, 0.25) is 9.47 Å². The first kappa shape index (κ1) is 22.1. The summed E-state index contributed by atoms with van der Waals surface area (Å²) in [5, 5.41) is 10.6. The number of nitrogens with zero attached hydrogens (tertiary/aromatic N) is 3. The highest BCUT2D eigenvalue weighted by molar-refractivity contribution is 7.91. The topological polar surface area (TPSA) is 104 Å². The molecule has 29 heavy (non-hydrogen) atoms. The number of hydrogen-bond donors (Lipinski definition) is 2. The lowest BCUT2D eigenvalue weighted by Crippen LogP contribution is -2.36. The SMILES string of the molecule is C[C@H]1CCCN(CCCNS(=O)(=O)c2nnc(NC(=O)c3ccc(Cl)cc3)s2)C1. The van der Waals surface area contributed by atoms with Crippen molar-refractivity contribution in [2.24, 2.45) is 5.92 Å². The van der Waals surface area contributed by atoms with E-state index in [0.29, 0.717) is 23.0 Å². The molecule has 158 valence electrons. The largest absolute Gasteiger partial charge is 0.303 e. The minimum absolute atomic E-state index is 0.118. The van der Waals surface area contributed by atoms with E-state index in [4.69, 9.17) is 11.6 Å². The van der Waals surface area contributed by atoms with Gasteiger partial charge in [-0.15, -0.1) is 10.2 Å². The van der Waals surface area contributed by atoms with Crippen molar-refractivity contribution in [3.05, 3.63) is 34.9 Å². The molecule has 2 N–H and O–H groups in total. The van der Waals surface area contributed by atoms with Crippen LogP contribution in [0.3, 0.4) is 0 Å². The van der Waals surface area contributed by atoms with Gasteiger partial charge in [0.05, 0.1) is 0 Å². The number of likely N-dealkylation sites (tertiary alicyclic amines) is 1. The molecule has 3 rings (SSSR count). The molecule has 0 spiro atoms. The summed E-state index contributed by atoms with van der Waals surface area (Å²) in [4.78, 5) is 14.6. The van der Waals surface area contributed by atoms with Gasteiger partial charge in [0.25, 0.3) is 15.9 Å². The van der Waals surface area contributed by atoms with E-state index in [1.165, 1.54) is 12.8 Å². The molecule has 0 unspecified atom stereocenters. The Labute approximate surface area is 179 Å². The number of sulfonamides is 1. The summed E-state index contributed by atoms with van der Waals surface area (Å²) in [7, 11) is -3.75. The van der Waals surface area contributed by atoms with Crippen molar-refractivity contribution in [1.29, 1.82) is 0 Å². The molecule has 1 saturated heterocycles. The van der Waals surface area contributed by atoms with E-state index in [9.17, 15) is 13.2 Å². The monoisotopic (exact) mass is 457 g/mol. The number of hydrogen-bond acceptors (Lipinski definition) is 7. The predicted octanol–water partition coefficient (Wildman–Crippen LogP) is 2.84. The molecule has 2 aromatic rings. The summed E-state index contributed by atoms with van der Waals surface area (Å²) in [6, 6.07) is 6.34. The van der Waals surface area contributed by atoms with Gasteiger partial charge in [-0.3, -0.25) is 10.1 Å². The molecule has 0 bridgehead atoms. The van der Waals surface area contributed by atoms with Crippen molar-refractivity contribution in [2.45, 2.75) is 30.5 Å². The molecular weight excluding hydrogens is 434 g/mol. The number of aromatic nitrogens is 2. The van der Waals surface area contributed by atoms with Crippen LogP contribution in [0.1, 0.15) is 36.5 Å².